The third-order valence-corrected chi connectivity index (χ3v) is 3.62. The van der Waals surface area contributed by atoms with Gasteiger partial charge in [0.25, 0.3) is 0 Å². The van der Waals surface area contributed by atoms with E-state index in [-0.39, 0.29) is 11.3 Å². The van der Waals surface area contributed by atoms with Gasteiger partial charge in [-0.1, -0.05) is 20.8 Å². The molecule has 0 aromatic carbocycles. The highest BCUT2D eigenvalue weighted by Crippen LogP contribution is 2.16. The summed E-state index contributed by atoms with van der Waals surface area (Å²) >= 11 is 2.00. The molecule has 0 aliphatic carbocycles. The number of rotatable bonds is 4. The van der Waals surface area contributed by atoms with Crippen LogP contribution in [-0.2, 0) is 4.79 Å². The second-order valence-electron chi connectivity index (χ2n) is 5.02. The number of amides is 1. The maximum absolute atomic E-state index is 11.5. The molecule has 0 radical (unpaired) electrons. The second kappa shape index (κ2) is 5.75. The fraction of sp³-hybridized carbons (Fsp3) is 0.909. The summed E-state index contributed by atoms with van der Waals surface area (Å²) in [6.45, 7) is 7.42. The van der Waals surface area contributed by atoms with Crippen LogP contribution in [0.2, 0.25) is 0 Å². The smallest absolute Gasteiger partial charge is 0.225 e. The Morgan fingerprint density at radius 1 is 1.40 bits per heavy atom. The molecule has 2 N–H and O–H groups in total. The van der Waals surface area contributed by atoms with E-state index in [9.17, 15) is 4.79 Å². The summed E-state index contributed by atoms with van der Waals surface area (Å²) < 4.78 is 0. The van der Waals surface area contributed by atoms with Crippen molar-refractivity contribution in [3.05, 3.63) is 0 Å². The van der Waals surface area contributed by atoms with Crippen molar-refractivity contribution in [2.24, 2.45) is 5.41 Å². The number of carbonyl (C=O) groups is 1. The van der Waals surface area contributed by atoms with Crippen LogP contribution < -0.4 is 10.6 Å². The van der Waals surface area contributed by atoms with Crippen LogP contribution in [0, 0.1) is 5.41 Å². The molecule has 1 amide bonds. The second-order valence-corrected chi connectivity index (χ2v) is 6.17. The molecular formula is C11H22N2OS. The van der Waals surface area contributed by atoms with E-state index in [0.717, 1.165) is 13.1 Å². The van der Waals surface area contributed by atoms with Gasteiger partial charge < -0.3 is 10.6 Å². The molecule has 4 heteroatoms. The Kier molecular flexibility index (Phi) is 4.93. The molecule has 1 aliphatic heterocycles. The van der Waals surface area contributed by atoms with E-state index in [2.05, 4.69) is 10.6 Å². The van der Waals surface area contributed by atoms with Gasteiger partial charge in [0.2, 0.25) is 5.91 Å². The summed E-state index contributed by atoms with van der Waals surface area (Å²) in [6, 6.07) is 0.654. The molecule has 1 fully saturated rings. The van der Waals surface area contributed by atoms with Crippen molar-refractivity contribution < 1.29 is 4.79 Å². The van der Waals surface area contributed by atoms with E-state index in [1.54, 1.807) is 0 Å². The fourth-order valence-corrected chi connectivity index (χ4v) is 2.60. The number of nitrogens with one attached hydrogen (secondary N) is 2. The first-order valence-electron chi connectivity index (χ1n) is 5.59. The average Bonchev–Trinajstić information content (AvgIpc) is 2.63. The normalized spacial score (nSPS) is 21.7. The maximum Gasteiger partial charge on any atom is 0.225 e. The molecule has 1 aliphatic rings. The SMILES string of the molecule is CC(C)(C)C(=O)NCCNC1CCSC1. The first-order valence-corrected chi connectivity index (χ1v) is 6.75. The monoisotopic (exact) mass is 230 g/mol. The van der Waals surface area contributed by atoms with Crippen LogP contribution in [0.1, 0.15) is 27.2 Å². The van der Waals surface area contributed by atoms with Gasteiger partial charge in [-0.15, -0.1) is 0 Å². The van der Waals surface area contributed by atoms with Crippen molar-refractivity contribution in [2.45, 2.75) is 33.2 Å². The Balaban J connectivity index is 2.03. The zero-order valence-electron chi connectivity index (χ0n) is 9.93. The van der Waals surface area contributed by atoms with Gasteiger partial charge in [-0.25, -0.2) is 0 Å². The van der Waals surface area contributed by atoms with Crippen molar-refractivity contribution >= 4 is 17.7 Å². The van der Waals surface area contributed by atoms with Crippen molar-refractivity contribution in [1.82, 2.24) is 10.6 Å². The van der Waals surface area contributed by atoms with Crippen molar-refractivity contribution in [2.75, 3.05) is 24.6 Å². The first-order chi connectivity index (χ1) is 7.00. The molecule has 1 unspecified atom stereocenters. The fourth-order valence-electron chi connectivity index (χ4n) is 1.41. The molecule has 88 valence electrons. The van der Waals surface area contributed by atoms with Gasteiger partial charge in [-0.3, -0.25) is 4.79 Å². The standard InChI is InChI=1S/C11H22N2OS/c1-11(2,3)10(14)13-6-5-12-9-4-7-15-8-9/h9,12H,4-8H2,1-3H3,(H,13,14). The van der Waals surface area contributed by atoms with Crippen LogP contribution >= 0.6 is 11.8 Å². The highest BCUT2D eigenvalue weighted by atomic mass is 32.2. The lowest BCUT2D eigenvalue weighted by atomic mass is 9.96. The Hall–Kier alpha value is -0.220. The number of hydrogen-bond donors (Lipinski definition) is 2. The quantitative estimate of drug-likeness (QED) is 0.714. The minimum absolute atomic E-state index is 0.130. The van der Waals surface area contributed by atoms with Gasteiger partial charge in [0, 0.05) is 30.3 Å². The highest BCUT2D eigenvalue weighted by molar-refractivity contribution is 7.99. The van der Waals surface area contributed by atoms with Gasteiger partial charge in [0.1, 0.15) is 0 Å². The molecule has 1 atom stereocenters. The summed E-state index contributed by atoms with van der Waals surface area (Å²) in [7, 11) is 0. The lowest BCUT2D eigenvalue weighted by Crippen LogP contribution is -2.41. The molecule has 0 spiro atoms. The molecule has 0 bridgehead atoms. The first kappa shape index (κ1) is 12.8. The summed E-state index contributed by atoms with van der Waals surface area (Å²) in [5.74, 6) is 2.62. The van der Waals surface area contributed by atoms with Crippen molar-refractivity contribution in [3.8, 4) is 0 Å². The van der Waals surface area contributed by atoms with Crippen LogP contribution in [0.3, 0.4) is 0 Å². The Morgan fingerprint density at radius 3 is 2.67 bits per heavy atom. The Bertz CT molecular complexity index is 207. The zero-order valence-corrected chi connectivity index (χ0v) is 10.7. The van der Waals surface area contributed by atoms with E-state index < -0.39 is 0 Å². The van der Waals surface area contributed by atoms with E-state index in [1.165, 1.54) is 17.9 Å². The van der Waals surface area contributed by atoms with Crippen LogP contribution in [0.25, 0.3) is 0 Å². The molecule has 15 heavy (non-hydrogen) atoms. The number of carbonyl (C=O) groups excluding carboxylic acids is 1. The van der Waals surface area contributed by atoms with Crippen LogP contribution in [-0.4, -0.2) is 36.5 Å². The van der Waals surface area contributed by atoms with Gasteiger partial charge in [-0.05, 0) is 12.2 Å². The summed E-state index contributed by atoms with van der Waals surface area (Å²) in [5, 5.41) is 6.39. The van der Waals surface area contributed by atoms with E-state index >= 15 is 0 Å². The van der Waals surface area contributed by atoms with Crippen molar-refractivity contribution in [1.29, 1.82) is 0 Å². The van der Waals surface area contributed by atoms with Gasteiger partial charge in [0.05, 0.1) is 0 Å². The van der Waals surface area contributed by atoms with Crippen LogP contribution in [0.5, 0.6) is 0 Å². The number of thioether (sulfide) groups is 1. The average molecular weight is 230 g/mol. The topological polar surface area (TPSA) is 41.1 Å². The predicted molar refractivity (Wildman–Crippen MR) is 66.2 cm³/mol. The van der Waals surface area contributed by atoms with Gasteiger partial charge >= 0.3 is 0 Å². The summed E-state index contributed by atoms with van der Waals surface area (Å²) in [4.78, 5) is 11.5. The van der Waals surface area contributed by atoms with Crippen molar-refractivity contribution in [3.63, 3.8) is 0 Å². The lowest BCUT2D eigenvalue weighted by molar-refractivity contribution is -0.128. The Morgan fingerprint density at radius 2 is 2.13 bits per heavy atom. The summed E-state index contributed by atoms with van der Waals surface area (Å²) in [5.41, 5.74) is -0.275. The molecule has 0 aromatic rings. The van der Waals surface area contributed by atoms with E-state index in [0.29, 0.717) is 6.04 Å². The molecule has 0 aromatic heterocycles. The predicted octanol–water partition coefficient (Wildman–Crippen LogP) is 1.24. The molecular weight excluding hydrogens is 208 g/mol. The molecule has 1 heterocycles. The van der Waals surface area contributed by atoms with E-state index in [1.807, 2.05) is 32.5 Å². The third kappa shape index (κ3) is 4.89. The maximum atomic E-state index is 11.5. The molecule has 1 saturated heterocycles. The third-order valence-electron chi connectivity index (χ3n) is 2.45. The zero-order chi connectivity index (χ0) is 11.3. The van der Waals surface area contributed by atoms with Gasteiger partial charge in [0.15, 0.2) is 0 Å². The van der Waals surface area contributed by atoms with Crippen LogP contribution in [0.4, 0.5) is 0 Å². The molecule has 3 nitrogen and oxygen atoms in total. The Labute approximate surface area is 96.8 Å². The minimum Gasteiger partial charge on any atom is -0.354 e. The largest absolute Gasteiger partial charge is 0.354 e. The van der Waals surface area contributed by atoms with Crippen LogP contribution in [0.15, 0.2) is 0 Å². The molecule has 0 saturated carbocycles. The highest BCUT2D eigenvalue weighted by Gasteiger charge is 2.20. The van der Waals surface area contributed by atoms with Gasteiger partial charge in [-0.2, -0.15) is 11.8 Å². The molecule has 1 rings (SSSR count). The lowest BCUT2D eigenvalue weighted by Gasteiger charge is -2.18. The van der Waals surface area contributed by atoms with E-state index in [4.69, 9.17) is 0 Å². The summed E-state index contributed by atoms with van der Waals surface area (Å²) in [6.07, 6.45) is 1.26. The number of hydrogen-bond acceptors (Lipinski definition) is 3. The minimum atomic E-state index is -0.275.